The predicted octanol–water partition coefficient (Wildman–Crippen LogP) is 10.5. The molecule has 0 aromatic carbocycles. The quantitative estimate of drug-likeness (QED) is 0.0335. The van der Waals surface area contributed by atoms with Gasteiger partial charge in [-0.3, -0.25) is 4.79 Å². The number of aliphatic hydroxyl groups is 1. The van der Waals surface area contributed by atoms with Crippen molar-refractivity contribution >= 4 is 24.2 Å². The largest absolute Gasteiger partial charge is 0.463 e. The molecule has 27 nitrogen and oxygen atoms in total. The number of nitrogens with zero attached hydrogens (tertiary/aromatic N) is 11. The van der Waals surface area contributed by atoms with Crippen LogP contribution < -0.4 is 34.1 Å². The first kappa shape index (κ1) is 92.9. The van der Waals surface area contributed by atoms with E-state index in [-0.39, 0.29) is 51.8 Å². The normalized spacial score (nSPS) is 16.2. The Morgan fingerprint density at radius 1 is 0.390 bits per heavy atom. The minimum Gasteiger partial charge on any atom is -0.463 e. The molecule has 6 aliphatic rings. The molecular weight excluding hydrogens is 1290 g/mol. The van der Waals surface area contributed by atoms with Gasteiger partial charge in [0.1, 0.15) is 19.8 Å². The first-order valence-corrected chi connectivity index (χ1v) is 37.3. The van der Waals surface area contributed by atoms with Crippen molar-refractivity contribution in [2.75, 3.05) is 73.5 Å². The number of ether oxygens (including phenoxy) is 5. The Bertz CT molecular complexity index is 2620. The summed E-state index contributed by atoms with van der Waals surface area (Å²) in [6.45, 7) is 16.7. The van der Waals surface area contributed by atoms with Crippen molar-refractivity contribution in [3.63, 3.8) is 0 Å². The van der Waals surface area contributed by atoms with Crippen LogP contribution in [0.4, 0.5) is 0 Å². The van der Waals surface area contributed by atoms with Gasteiger partial charge in [-0.25, -0.2) is 85.5 Å². The predicted molar refractivity (Wildman–Crippen MR) is 385 cm³/mol. The third kappa shape index (κ3) is 41.6. The molecule has 6 fully saturated rings. The number of isocyanates is 3. The highest BCUT2D eigenvalue weighted by Gasteiger charge is 2.19. The number of carbonyl (C=O) groups excluding carboxylic acids is 4. The second-order valence-electron chi connectivity index (χ2n) is 25.8. The molecule has 100 heavy (non-hydrogen) atoms. The van der Waals surface area contributed by atoms with Gasteiger partial charge in [0.25, 0.3) is 12.5 Å². The van der Waals surface area contributed by atoms with E-state index in [2.05, 4.69) is 29.2 Å². The van der Waals surface area contributed by atoms with Gasteiger partial charge in [0.05, 0.1) is 39.5 Å². The average molecular weight is 1410 g/mol. The van der Waals surface area contributed by atoms with Gasteiger partial charge in [-0.2, -0.15) is 10.5 Å². The van der Waals surface area contributed by atoms with Crippen LogP contribution in [0.5, 0.6) is 0 Å². The van der Waals surface area contributed by atoms with Crippen molar-refractivity contribution in [3.8, 4) is 12.5 Å². The third-order valence-corrected chi connectivity index (χ3v) is 18.6. The summed E-state index contributed by atoms with van der Waals surface area (Å²) in [6, 6.07) is 0. The summed E-state index contributed by atoms with van der Waals surface area (Å²) in [5.41, 5.74) is -3.17. The minimum absolute atomic E-state index is 0.0716. The molecule has 568 valence electrons. The monoisotopic (exact) mass is 1410 g/mol. The third-order valence-electron chi connectivity index (χ3n) is 18.6. The van der Waals surface area contributed by atoms with E-state index in [9.17, 15) is 47.9 Å². The van der Waals surface area contributed by atoms with Gasteiger partial charge in [-0.1, -0.05) is 128 Å². The molecule has 6 aliphatic carbocycles. The lowest BCUT2D eigenvalue weighted by Gasteiger charge is -2.20. The zero-order valence-electron chi connectivity index (χ0n) is 62.2. The summed E-state index contributed by atoms with van der Waals surface area (Å²) in [7, 11) is 3.16. The molecule has 0 atom stereocenters. The van der Waals surface area contributed by atoms with E-state index >= 15 is 0 Å². The number of methoxy groups -OCH3 is 2. The molecule has 0 radical (unpaired) electrons. The lowest BCUT2D eigenvalue weighted by Crippen LogP contribution is -2.53. The van der Waals surface area contributed by atoms with E-state index in [1.807, 2.05) is 0 Å². The Labute approximate surface area is 593 Å². The number of hydrogen-bond donors (Lipinski definition) is 1. The molecule has 0 bridgehead atoms. The maximum atomic E-state index is 11.7. The Hall–Kier alpha value is -7.11. The van der Waals surface area contributed by atoms with E-state index in [0.717, 1.165) is 39.7 Å². The number of aliphatic hydroxyl groups excluding tert-OH is 1. The van der Waals surface area contributed by atoms with Crippen molar-refractivity contribution in [1.82, 2.24) is 27.4 Å². The molecular formula is C73H125N11O16. The van der Waals surface area contributed by atoms with E-state index in [1.54, 1.807) is 86.5 Å². The zero-order chi connectivity index (χ0) is 74.4. The Morgan fingerprint density at radius 3 is 0.830 bits per heavy atom. The van der Waals surface area contributed by atoms with Crippen molar-refractivity contribution in [2.24, 2.45) is 50.5 Å². The van der Waals surface area contributed by atoms with Gasteiger partial charge in [0.15, 0.2) is 0 Å². The summed E-state index contributed by atoms with van der Waals surface area (Å²) in [5.74, 6) is 4.04. The number of carbonyl (C=O) groups is 1. The highest BCUT2D eigenvalue weighted by molar-refractivity contribution is 5.69. The number of aromatic nitrogens is 6. The summed E-state index contributed by atoms with van der Waals surface area (Å²) < 4.78 is 30.0. The zero-order valence-corrected chi connectivity index (χ0v) is 62.2. The van der Waals surface area contributed by atoms with E-state index in [4.69, 9.17) is 25.1 Å². The second-order valence-corrected chi connectivity index (χ2v) is 25.8. The number of nitriles is 2. The van der Waals surface area contributed by atoms with Crippen LogP contribution in [0.2, 0.25) is 0 Å². The molecule has 8 rings (SSSR count). The molecule has 0 saturated heterocycles. The lowest BCUT2D eigenvalue weighted by molar-refractivity contribution is -0.145. The van der Waals surface area contributed by atoms with Gasteiger partial charge in [-0.15, -0.1) is 0 Å². The smallest absolute Gasteiger partial charge is 0.336 e. The summed E-state index contributed by atoms with van der Waals surface area (Å²) in [4.78, 5) is 121. The SMILES string of the molecule is CCn1c(=O)n(CC)c(=O)n(CC)c1=O.CCn1c(=O)n(CC)c(=O)n(CC)c1=O.COCCO.COCCOC(=O)CCC1CCCCC1.N#COCC1CCCCC1.N#COCC1CCCCC1.O=C=NCC1CCCCC1.O=C=NCC1CCCCC1.O=C=NCC1CCCCC1. The molecule has 6 saturated carbocycles. The molecule has 2 aromatic rings. The Morgan fingerprint density at radius 2 is 0.630 bits per heavy atom. The van der Waals surface area contributed by atoms with Crippen LogP contribution in [0.15, 0.2) is 43.7 Å². The number of rotatable bonds is 24. The number of hydrogen-bond acceptors (Lipinski definition) is 21. The topological polar surface area (TPSA) is 351 Å². The van der Waals surface area contributed by atoms with Crippen LogP contribution in [0, 0.1) is 58.5 Å². The van der Waals surface area contributed by atoms with Gasteiger partial charge in [0, 0.05) is 59.9 Å². The summed E-state index contributed by atoms with van der Waals surface area (Å²) in [6.07, 6.45) is 49.0. The van der Waals surface area contributed by atoms with Crippen LogP contribution in [0.3, 0.4) is 0 Å². The molecule has 0 unspecified atom stereocenters. The maximum absolute atomic E-state index is 11.7. The number of esters is 1. The highest BCUT2D eigenvalue weighted by Crippen LogP contribution is 2.29. The lowest BCUT2D eigenvalue weighted by atomic mass is 9.86. The molecule has 2 aromatic heterocycles. The number of aliphatic imine (C=N–C) groups is 3. The van der Waals surface area contributed by atoms with Crippen molar-refractivity contribution in [3.05, 3.63) is 62.9 Å². The Balaban J connectivity index is 0.00000112. The van der Waals surface area contributed by atoms with Crippen molar-refractivity contribution < 1.29 is 48.0 Å². The van der Waals surface area contributed by atoms with E-state index < -0.39 is 34.1 Å². The van der Waals surface area contributed by atoms with Crippen LogP contribution in [0.25, 0.3) is 0 Å². The maximum Gasteiger partial charge on any atom is 0.336 e. The molecule has 0 amide bonds. The average Bonchev–Trinajstić information content (AvgIpc) is 0.801. The van der Waals surface area contributed by atoms with Crippen molar-refractivity contribution in [2.45, 2.75) is 286 Å². The first-order chi connectivity index (χ1) is 48.6. The van der Waals surface area contributed by atoms with Gasteiger partial charge in [-0.05, 0) is 148 Å². The van der Waals surface area contributed by atoms with Gasteiger partial charge in [0.2, 0.25) is 18.2 Å². The van der Waals surface area contributed by atoms with E-state index in [1.165, 1.54) is 193 Å². The summed E-state index contributed by atoms with van der Waals surface area (Å²) >= 11 is 0. The standard InChI is InChI=1S/C12H22O3.2C9H15N3O3.5C8H13NO.C3H8O2/c1-14-9-10-15-12(13)8-7-11-5-3-2-4-6-11;2*1-4-10-7(13)11(5-2)9(15)12(6-3)8(10)14;2*9-7-10-6-8-4-2-1-3-5-8;3*10-7-9-6-8-4-2-1-3-5-8;1-5-3-2-4/h11H,2-10H2,1H3;2*4-6H2,1-3H3;5*8H,1-6H2;4H,2-3H2,1H3. The second kappa shape index (κ2) is 62.9. The molecule has 1 N–H and O–H groups in total. The van der Waals surface area contributed by atoms with Crippen LogP contribution in [-0.4, -0.2) is 130 Å². The first-order valence-electron chi connectivity index (χ1n) is 37.3. The minimum atomic E-state index is -0.528. The fourth-order valence-electron chi connectivity index (χ4n) is 12.8. The van der Waals surface area contributed by atoms with Crippen LogP contribution in [-0.2, 0) is 82.1 Å². The van der Waals surface area contributed by atoms with E-state index in [0.29, 0.717) is 88.7 Å². The van der Waals surface area contributed by atoms with Crippen LogP contribution >= 0.6 is 0 Å². The highest BCUT2D eigenvalue weighted by atomic mass is 16.6. The van der Waals surface area contributed by atoms with Gasteiger partial charge < -0.3 is 28.8 Å². The fourth-order valence-corrected chi connectivity index (χ4v) is 12.8. The molecule has 0 aliphatic heterocycles. The molecule has 2 heterocycles. The van der Waals surface area contributed by atoms with Crippen LogP contribution in [0.1, 0.15) is 247 Å². The van der Waals surface area contributed by atoms with Gasteiger partial charge >= 0.3 is 40.1 Å². The fraction of sp³-hybridized carbons (Fsp3) is 0.836. The molecule has 27 heteroatoms. The summed E-state index contributed by atoms with van der Waals surface area (Å²) in [5, 5.41) is 24.2. The Kier molecular flexibility index (Phi) is 58.4. The van der Waals surface area contributed by atoms with Crippen molar-refractivity contribution in [1.29, 1.82) is 10.5 Å². The molecule has 0 spiro atoms.